The molecule has 0 spiro atoms. The van der Waals surface area contributed by atoms with Crippen LogP contribution in [0.15, 0.2) is 18.2 Å². The SMILES string of the molecule is CCNC(=O)c1n[nH]c2c1CN(C(=O)c1cc(F)cc(F)c1)CC2. The van der Waals surface area contributed by atoms with Crippen LogP contribution >= 0.6 is 0 Å². The highest BCUT2D eigenvalue weighted by Crippen LogP contribution is 2.22. The van der Waals surface area contributed by atoms with Crippen molar-refractivity contribution in [1.82, 2.24) is 20.4 Å². The van der Waals surface area contributed by atoms with E-state index in [1.54, 1.807) is 6.92 Å². The summed E-state index contributed by atoms with van der Waals surface area (Å²) in [6.07, 6.45) is 0.491. The second-order valence-electron chi connectivity index (χ2n) is 5.52. The number of hydrogen-bond donors (Lipinski definition) is 2. The standard InChI is InChI=1S/C16H16F2N4O2/c1-2-19-15(23)14-12-8-22(4-3-13(12)20-21-14)16(24)9-5-10(17)7-11(18)6-9/h5-7H,2-4,8H2,1H3,(H,19,23)(H,20,21). The molecule has 2 heterocycles. The number of carbonyl (C=O) groups excluding carboxylic acids is 2. The first-order chi connectivity index (χ1) is 11.5. The summed E-state index contributed by atoms with van der Waals surface area (Å²) < 4.78 is 26.6. The number of amides is 2. The normalized spacial score (nSPS) is 13.5. The molecular weight excluding hydrogens is 318 g/mol. The number of aromatic amines is 1. The molecule has 24 heavy (non-hydrogen) atoms. The number of nitrogens with zero attached hydrogens (tertiary/aromatic N) is 2. The van der Waals surface area contributed by atoms with Crippen LogP contribution in [0.1, 0.15) is 39.0 Å². The number of halogens is 2. The van der Waals surface area contributed by atoms with E-state index in [9.17, 15) is 18.4 Å². The smallest absolute Gasteiger partial charge is 0.272 e. The maximum atomic E-state index is 13.3. The molecule has 0 aliphatic carbocycles. The summed E-state index contributed by atoms with van der Waals surface area (Å²) in [7, 11) is 0. The van der Waals surface area contributed by atoms with Gasteiger partial charge in [0.05, 0.1) is 6.54 Å². The van der Waals surface area contributed by atoms with Gasteiger partial charge in [0.2, 0.25) is 0 Å². The van der Waals surface area contributed by atoms with E-state index >= 15 is 0 Å². The van der Waals surface area contributed by atoms with Crippen LogP contribution in [0.5, 0.6) is 0 Å². The van der Waals surface area contributed by atoms with Crippen LogP contribution in [0.25, 0.3) is 0 Å². The third-order valence-corrected chi connectivity index (χ3v) is 3.88. The van der Waals surface area contributed by atoms with Gasteiger partial charge in [-0.25, -0.2) is 8.78 Å². The van der Waals surface area contributed by atoms with E-state index in [2.05, 4.69) is 15.5 Å². The predicted octanol–water partition coefficient (Wildman–Crippen LogP) is 1.64. The lowest BCUT2D eigenvalue weighted by molar-refractivity contribution is 0.0730. The van der Waals surface area contributed by atoms with Crippen LogP contribution < -0.4 is 5.32 Å². The van der Waals surface area contributed by atoms with Crippen molar-refractivity contribution < 1.29 is 18.4 Å². The van der Waals surface area contributed by atoms with E-state index in [1.807, 2.05) is 0 Å². The predicted molar refractivity (Wildman–Crippen MR) is 81.4 cm³/mol. The molecule has 1 aliphatic rings. The Kier molecular flexibility index (Phi) is 4.28. The van der Waals surface area contributed by atoms with Gasteiger partial charge in [0.1, 0.15) is 11.6 Å². The number of benzene rings is 1. The van der Waals surface area contributed by atoms with Gasteiger partial charge in [-0.05, 0) is 19.1 Å². The molecule has 2 amide bonds. The molecule has 0 saturated heterocycles. The number of nitrogens with one attached hydrogen (secondary N) is 2. The highest BCUT2D eigenvalue weighted by atomic mass is 19.1. The van der Waals surface area contributed by atoms with Crippen molar-refractivity contribution in [3.63, 3.8) is 0 Å². The summed E-state index contributed by atoms with van der Waals surface area (Å²) in [5, 5.41) is 9.49. The number of hydrogen-bond acceptors (Lipinski definition) is 3. The third kappa shape index (κ3) is 2.99. The topological polar surface area (TPSA) is 78.1 Å². The molecule has 2 N–H and O–H groups in total. The molecule has 0 fully saturated rings. The highest BCUT2D eigenvalue weighted by Gasteiger charge is 2.28. The molecule has 1 aromatic carbocycles. The lowest BCUT2D eigenvalue weighted by atomic mass is 10.0. The summed E-state index contributed by atoms with van der Waals surface area (Å²) in [5.41, 5.74) is 1.62. The van der Waals surface area contributed by atoms with E-state index in [-0.39, 0.29) is 23.7 Å². The van der Waals surface area contributed by atoms with Gasteiger partial charge < -0.3 is 10.2 Å². The number of fused-ring (bicyclic) bond motifs is 1. The molecule has 0 bridgehead atoms. The zero-order valence-corrected chi connectivity index (χ0v) is 13.0. The molecule has 0 atom stereocenters. The van der Waals surface area contributed by atoms with Crippen molar-refractivity contribution in [2.75, 3.05) is 13.1 Å². The molecule has 1 aliphatic heterocycles. The van der Waals surface area contributed by atoms with Gasteiger partial charge in [-0.1, -0.05) is 0 Å². The molecule has 2 aromatic rings. The maximum absolute atomic E-state index is 13.3. The van der Waals surface area contributed by atoms with Crippen molar-refractivity contribution in [2.45, 2.75) is 19.9 Å². The molecule has 126 valence electrons. The Hall–Kier alpha value is -2.77. The fraction of sp³-hybridized carbons (Fsp3) is 0.312. The summed E-state index contributed by atoms with van der Waals surface area (Å²) in [5.74, 6) is -2.41. The molecule has 0 radical (unpaired) electrons. The molecule has 1 aromatic heterocycles. The Balaban J connectivity index is 1.85. The number of rotatable bonds is 3. The molecule has 0 unspecified atom stereocenters. The minimum Gasteiger partial charge on any atom is -0.351 e. The highest BCUT2D eigenvalue weighted by molar-refractivity contribution is 5.96. The zero-order valence-electron chi connectivity index (χ0n) is 13.0. The van der Waals surface area contributed by atoms with E-state index in [1.165, 1.54) is 4.90 Å². The molecule has 6 nitrogen and oxygen atoms in total. The lowest BCUT2D eigenvalue weighted by Crippen LogP contribution is -2.37. The van der Waals surface area contributed by atoms with Crippen molar-refractivity contribution in [2.24, 2.45) is 0 Å². The van der Waals surface area contributed by atoms with E-state index in [4.69, 9.17) is 0 Å². The van der Waals surface area contributed by atoms with Gasteiger partial charge in [-0.3, -0.25) is 14.7 Å². The van der Waals surface area contributed by atoms with Crippen molar-refractivity contribution in [3.8, 4) is 0 Å². The monoisotopic (exact) mass is 334 g/mol. The van der Waals surface area contributed by atoms with Gasteiger partial charge in [-0.2, -0.15) is 5.10 Å². The summed E-state index contributed by atoms with van der Waals surface area (Å²) in [6.45, 7) is 2.80. The maximum Gasteiger partial charge on any atom is 0.272 e. The van der Waals surface area contributed by atoms with Crippen molar-refractivity contribution in [3.05, 3.63) is 52.3 Å². The van der Waals surface area contributed by atoms with Gasteiger partial charge in [0.25, 0.3) is 11.8 Å². The van der Waals surface area contributed by atoms with Crippen LogP contribution in [0, 0.1) is 11.6 Å². The van der Waals surface area contributed by atoms with E-state index in [0.29, 0.717) is 31.1 Å². The first kappa shape index (κ1) is 16.1. The van der Waals surface area contributed by atoms with Gasteiger partial charge in [0.15, 0.2) is 5.69 Å². The van der Waals surface area contributed by atoms with Gasteiger partial charge >= 0.3 is 0 Å². The van der Waals surface area contributed by atoms with E-state index < -0.39 is 17.5 Å². The molecule has 8 heteroatoms. The fourth-order valence-electron chi connectivity index (χ4n) is 2.76. The third-order valence-electron chi connectivity index (χ3n) is 3.88. The Morgan fingerprint density at radius 1 is 1.29 bits per heavy atom. The van der Waals surface area contributed by atoms with Crippen LogP contribution in [-0.4, -0.2) is 40.0 Å². The second kappa shape index (κ2) is 6.38. The van der Waals surface area contributed by atoms with E-state index in [0.717, 1.165) is 17.8 Å². The summed E-state index contributed by atoms with van der Waals surface area (Å²) >= 11 is 0. The van der Waals surface area contributed by atoms with Crippen LogP contribution in [-0.2, 0) is 13.0 Å². The van der Waals surface area contributed by atoms with Crippen LogP contribution in [0.3, 0.4) is 0 Å². The zero-order chi connectivity index (χ0) is 17.3. The summed E-state index contributed by atoms with van der Waals surface area (Å²) in [6, 6.07) is 2.72. The fourth-order valence-corrected chi connectivity index (χ4v) is 2.76. The Labute approximate surface area is 136 Å². The first-order valence-corrected chi connectivity index (χ1v) is 7.59. The minimum atomic E-state index is -0.803. The Morgan fingerprint density at radius 3 is 2.67 bits per heavy atom. The minimum absolute atomic E-state index is 0.0565. The largest absolute Gasteiger partial charge is 0.351 e. The number of H-pyrrole nitrogens is 1. The number of carbonyl (C=O) groups is 2. The average molecular weight is 334 g/mol. The molecule has 0 saturated carbocycles. The van der Waals surface area contributed by atoms with Gasteiger partial charge in [0, 0.05) is 42.4 Å². The van der Waals surface area contributed by atoms with Crippen LogP contribution in [0.4, 0.5) is 8.78 Å². The Morgan fingerprint density at radius 2 is 2.00 bits per heavy atom. The number of aromatic nitrogens is 2. The van der Waals surface area contributed by atoms with Crippen LogP contribution in [0.2, 0.25) is 0 Å². The average Bonchev–Trinajstić information content (AvgIpc) is 2.96. The quantitative estimate of drug-likeness (QED) is 0.896. The first-order valence-electron chi connectivity index (χ1n) is 7.59. The second-order valence-corrected chi connectivity index (χ2v) is 5.52. The van der Waals surface area contributed by atoms with Gasteiger partial charge in [-0.15, -0.1) is 0 Å². The summed E-state index contributed by atoms with van der Waals surface area (Å²) in [4.78, 5) is 26.0. The molecule has 3 rings (SSSR count). The van der Waals surface area contributed by atoms with Crippen molar-refractivity contribution >= 4 is 11.8 Å². The van der Waals surface area contributed by atoms with Crippen molar-refractivity contribution in [1.29, 1.82) is 0 Å². The molecular formula is C16H16F2N4O2. The lowest BCUT2D eigenvalue weighted by Gasteiger charge is -2.27. The Bertz CT molecular complexity index is 783.